The lowest BCUT2D eigenvalue weighted by Crippen LogP contribution is -2.58. The molecule has 1 fully saturated rings. The van der Waals surface area contributed by atoms with Crippen LogP contribution in [0.3, 0.4) is 0 Å². The van der Waals surface area contributed by atoms with Crippen molar-refractivity contribution in [1.29, 1.82) is 0 Å². The molecule has 1 aliphatic heterocycles. The van der Waals surface area contributed by atoms with Gasteiger partial charge in [0.05, 0.1) is 5.02 Å². The van der Waals surface area contributed by atoms with Gasteiger partial charge in [0.1, 0.15) is 11.8 Å². The summed E-state index contributed by atoms with van der Waals surface area (Å²) in [7, 11) is 0. The number of carbonyl (C=O) groups excluding carboxylic acids is 1. The van der Waals surface area contributed by atoms with Gasteiger partial charge in [-0.25, -0.2) is 0 Å². The molecule has 2 atom stereocenters. The predicted molar refractivity (Wildman–Crippen MR) is 93.5 cm³/mol. The van der Waals surface area contributed by atoms with Crippen LogP contribution in [0.15, 0.2) is 24.3 Å². The molecule has 0 bridgehead atoms. The van der Waals surface area contributed by atoms with Crippen LogP contribution in [0.4, 0.5) is 13.2 Å². The van der Waals surface area contributed by atoms with Crippen LogP contribution in [-0.4, -0.2) is 61.9 Å². The standard InChI is InChI=1S/C17H23ClF3N3O2/c1-2-13(26-14-6-4-3-5-12(14)18)16(25)23-11-15(17(19,20)21)24-9-7-22-8-10-24/h3-6,13,15,22H,2,7-11H2,1H3,(H,23,25). The molecule has 2 unspecified atom stereocenters. The number of nitrogens with one attached hydrogen (secondary N) is 2. The van der Waals surface area contributed by atoms with Crippen LogP contribution < -0.4 is 15.4 Å². The molecule has 0 saturated carbocycles. The van der Waals surface area contributed by atoms with Crippen molar-refractivity contribution in [1.82, 2.24) is 15.5 Å². The SMILES string of the molecule is CCC(Oc1ccccc1Cl)C(=O)NCC(N1CCNCC1)C(F)(F)F. The molecule has 1 saturated heterocycles. The van der Waals surface area contributed by atoms with Crippen molar-refractivity contribution in [2.75, 3.05) is 32.7 Å². The minimum absolute atomic E-state index is 0.285. The fourth-order valence-electron chi connectivity index (χ4n) is 2.77. The number of hydrogen-bond donors (Lipinski definition) is 2. The highest BCUT2D eigenvalue weighted by Crippen LogP contribution is 2.26. The summed E-state index contributed by atoms with van der Waals surface area (Å²) in [4.78, 5) is 13.7. The molecule has 1 heterocycles. The summed E-state index contributed by atoms with van der Waals surface area (Å²) < 4.78 is 45.7. The third kappa shape index (κ3) is 5.75. The summed E-state index contributed by atoms with van der Waals surface area (Å²) in [5, 5.41) is 5.75. The maximum Gasteiger partial charge on any atom is 0.405 e. The first kappa shape index (κ1) is 20.8. The number of alkyl halides is 3. The predicted octanol–water partition coefficient (Wildman–Crippen LogP) is 2.45. The highest BCUT2D eigenvalue weighted by Gasteiger charge is 2.44. The average Bonchev–Trinajstić information content (AvgIpc) is 2.61. The lowest BCUT2D eigenvalue weighted by atomic mass is 10.2. The van der Waals surface area contributed by atoms with Gasteiger partial charge < -0.3 is 15.4 Å². The van der Waals surface area contributed by atoms with E-state index >= 15 is 0 Å². The molecule has 0 radical (unpaired) electrons. The lowest BCUT2D eigenvalue weighted by Gasteiger charge is -2.36. The summed E-state index contributed by atoms with van der Waals surface area (Å²) in [6.45, 7) is 2.77. The van der Waals surface area contributed by atoms with Crippen molar-refractivity contribution >= 4 is 17.5 Å². The van der Waals surface area contributed by atoms with E-state index in [4.69, 9.17) is 16.3 Å². The Labute approximate surface area is 155 Å². The van der Waals surface area contributed by atoms with Crippen LogP contribution in [0.5, 0.6) is 5.75 Å². The van der Waals surface area contributed by atoms with Crippen molar-refractivity contribution in [3.63, 3.8) is 0 Å². The normalized spacial score (nSPS) is 18.2. The Morgan fingerprint density at radius 1 is 1.35 bits per heavy atom. The Kier molecular flexibility index (Phi) is 7.55. The minimum Gasteiger partial charge on any atom is -0.479 e. The van der Waals surface area contributed by atoms with E-state index in [1.54, 1.807) is 31.2 Å². The Balaban J connectivity index is 1.97. The van der Waals surface area contributed by atoms with Gasteiger partial charge in [-0.2, -0.15) is 13.2 Å². The Morgan fingerprint density at radius 3 is 2.58 bits per heavy atom. The number of carbonyl (C=O) groups is 1. The quantitative estimate of drug-likeness (QED) is 0.747. The number of nitrogens with zero attached hydrogens (tertiary/aromatic N) is 1. The fourth-order valence-corrected chi connectivity index (χ4v) is 2.95. The molecule has 1 aromatic carbocycles. The fraction of sp³-hybridized carbons (Fsp3) is 0.588. The molecule has 1 aliphatic rings. The number of halogens is 4. The maximum atomic E-state index is 13.4. The minimum atomic E-state index is -4.42. The number of piperazine rings is 1. The smallest absolute Gasteiger partial charge is 0.405 e. The monoisotopic (exact) mass is 393 g/mol. The van der Waals surface area contributed by atoms with Crippen molar-refractivity contribution < 1.29 is 22.7 Å². The van der Waals surface area contributed by atoms with Crippen LogP contribution in [0.1, 0.15) is 13.3 Å². The van der Waals surface area contributed by atoms with Gasteiger partial charge in [-0.1, -0.05) is 30.7 Å². The van der Waals surface area contributed by atoms with Crippen LogP contribution in [0.25, 0.3) is 0 Å². The highest BCUT2D eigenvalue weighted by atomic mass is 35.5. The van der Waals surface area contributed by atoms with Crippen molar-refractivity contribution in [2.24, 2.45) is 0 Å². The second kappa shape index (κ2) is 9.43. The van der Waals surface area contributed by atoms with Crippen LogP contribution in [-0.2, 0) is 4.79 Å². The summed E-state index contributed by atoms with van der Waals surface area (Å²) >= 11 is 6.00. The molecular formula is C17H23ClF3N3O2. The summed E-state index contributed by atoms with van der Waals surface area (Å²) in [5.41, 5.74) is 0. The van der Waals surface area contributed by atoms with Gasteiger partial charge in [-0.05, 0) is 18.6 Å². The zero-order valence-electron chi connectivity index (χ0n) is 14.5. The van der Waals surface area contributed by atoms with Gasteiger partial charge in [0.2, 0.25) is 0 Å². The number of ether oxygens (including phenoxy) is 1. The number of hydrogen-bond acceptors (Lipinski definition) is 4. The van der Waals surface area contributed by atoms with E-state index in [1.807, 2.05) is 0 Å². The number of amides is 1. The van der Waals surface area contributed by atoms with E-state index in [2.05, 4.69) is 10.6 Å². The summed E-state index contributed by atoms with van der Waals surface area (Å²) in [6.07, 6.45) is -5.02. The second-order valence-corrected chi connectivity index (χ2v) is 6.44. The molecule has 9 heteroatoms. The Hall–Kier alpha value is -1.51. The number of benzene rings is 1. The highest BCUT2D eigenvalue weighted by molar-refractivity contribution is 6.32. The van der Waals surface area contributed by atoms with Gasteiger partial charge >= 0.3 is 6.18 Å². The van der Waals surface area contributed by atoms with E-state index in [-0.39, 0.29) is 13.1 Å². The Bertz CT molecular complexity index is 595. The average molecular weight is 394 g/mol. The van der Waals surface area contributed by atoms with Crippen molar-refractivity contribution in [2.45, 2.75) is 31.7 Å². The first-order valence-corrected chi connectivity index (χ1v) is 8.91. The van der Waals surface area contributed by atoms with Crippen LogP contribution in [0, 0.1) is 0 Å². The van der Waals surface area contributed by atoms with Crippen LogP contribution >= 0.6 is 11.6 Å². The lowest BCUT2D eigenvalue weighted by molar-refractivity contribution is -0.184. The molecule has 146 valence electrons. The van der Waals surface area contributed by atoms with E-state index in [9.17, 15) is 18.0 Å². The molecule has 2 N–H and O–H groups in total. The first-order valence-electron chi connectivity index (χ1n) is 8.53. The maximum absolute atomic E-state index is 13.4. The Morgan fingerprint density at radius 2 is 2.00 bits per heavy atom. The molecule has 0 aromatic heterocycles. The molecule has 5 nitrogen and oxygen atoms in total. The zero-order chi connectivity index (χ0) is 19.2. The molecule has 1 amide bonds. The molecule has 1 aromatic rings. The van der Waals surface area contributed by atoms with Gasteiger partial charge in [0.15, 0.2) is 6.10 Å². The molecule has 0 spiro atoms. The van der Waals surface area contributed by atoms with Crippen molar-refractivity contribution in [3.05, 3.63) is 29.3 Å². The van der Waals surface area contributed by atoms with E-state index in [1.165, 1.54) is 4.90 Å². The third-order valence-electron chi connectivity index (χ3n) is 4.21. The van der Waals surface area contributed by atoms with Crippen molar-refractivity contribution in [3.8, 4) is 5.75 Å². The summed E-state index contributed by atoms with van der Waals surface area (Å²) in [5.74, 6) is -0.262. The molecule has 0 aliphatic carbocycles. The zero-order valence-corrected chi connectivity index (χ0v) is 15.2. The van der Waals surface area contributed by atoms with E-state index < -0.39 is 30.8 Å². The van der Waals surface area contributed by atoms with Gasteiger partial charge in [0.25, 0.3) is 5.91 Å². The second-order valence-electron chi connectivity index (χ2n) is 6.03. The molecule has 26 heavy (non-hydrogen) atoms. The van der Waals surface area contributed by atoms with E-state index in [0.29, 0.717) is 30.3 Å². The number of rotatable bonds is 7. The third-order valence-corrected chi connectivity index (χ3v) is 4.52. The summed E-state index contributed by atoms with van der Waals surface area (Å²) in [6, 6.07) is 4.93. The molecule has 2 rings (SSSR count). The largest absolute Gasteiger partial charge is 0.479 e. The number of para-hydroxylation sites is 1. The first-order chi connectivity index (χ1) is 12.3. The van der Waals surface area contributed by atoms with E-state index in [0.717, 1.165) is 0 Å². The topological polar surface area (TPSA) is 53.6 Å². The van der Waals surface area contributed by atoms with Crippen LogP contribution in [0.2, 0.25) is 5.02 Å². The van der Waals surface area contributed by atoms with Gasteiger partial charge in [-0.3, -0.25) is 9.69 Å². The van der Waals surface area contributed by atoms with Gasteiger partial charge in [0, 0.05) is 32.7 Å². The molecular weight excluding hydrogens is 371 g/mol. The van der Waals surface area contributed by atoms with Gasteiger partial charge in [-0.15, -0.1) is 0 Å².